The fraction of sp³-hybridized carbons (Fsp3) is 0.480. The number of amides is 1. The van der Waals surface area contributed by atoms with Gasteiger partial charge in [0.2, 0.25) is 0 Å². The van der Waals surface area contributed by atoms with Gasteiger partial charge in [0.05, 0.1) is 20.3 Å². The van der Waals surface area contributed by atoms with E-state index in [1.165, 1.54) is 14.2 Å². The van der Waals surface area contributed by atoms with Gasteiger partial charge in [-0.3, -0.25) is 0 Å². The minimum absolute atomic E-state index is 0.0610. The van der Waals surface area contributed by atoms with Gasteiger partial charge in [-0.25, -0.2) is 19.0 Å². The lowest BCUT2D eigenvalue weighted by Gasteiger charge is -2.34. The van der Waals surface area contributed by atoms with Crippen molar-refractivity contribution >= 4 is 29.4 Å². The van der Waals surface area contributed by atoms with Crippen LogP contribution < -0.4 is 25.4 Å². The molecule has 1 aromatic carbocycles. The zero-order valence-electron chi connectivity index (χ0n) is 21.1. The SMILES string of the molecule is COc1cc(Nc2nc(N[C@@H]3CCCC[C@@H]3NC(=O)OC(C)(C)C)c(F)cc2C(=O)O)cc(OC)c1. The predicted molar refractivity (Wildman–Crippen MR) is 133 cm³/mol. The van der Waals surface area contributed by atoms with Gasteiger partial charge in [0.25, 0.3) is 0 Å². The highest BCUT2D eigenvalue weighted by Crippen LogP contribution is 2.31. The summed E-state index contributed by atoms with van der Waals surface area (Å²) in [6, 6.07) is 5.20. The number of rotatable bonds is 8. The summed E-state index contributed by atoms with van der Waals surface area (Å²) >= 11 is 0. The third-order valence-corrected chi connectivity index (χ3v) is 5.61. The Labute approximate surface area is 209 Å². The number of methoxy groups -OCH3 is 2. The number of nitrogens with one attached hydrogen (secondary N) is 3. The number of carboxylic acid groups (broad SMARTS) is 1. The highest BCUT2D eigenvalue weighted by Gasteiger charge is 2.30. The Hall–Kier alpha value is -3.76. The van der Waals surface area contributed by atoms with Crippen LogP contribution in [0.25, 0.3) is 0 Å². The van der Waals surface area contributed by atoms with Crippen molar-refractivity contribution in [2.75, 3.05) is 24.9 Å². The number of aromatic carboxylic acids is 1. The van der Waals surface area contributed by atoms with Gasteiger partial charge in [-0.1, -0.05) is 12.8 Å². The molecule has 1 aliphatic carbocycles. The van der Waals surface area contributed by atoms with Gasteiger partial charge < -0.3 is 35.3 Å². The Bertz CT molecular complexity index is 1080. The van der Waals surface area contributed by atoms with E-state index in [0.29, 0.717) is 30.0 Å². The molecule has 0 spiro atoms. The second-order valence-corrected chi connectivity index (χ2v) is 9.53. The highest BCUT2D eigenvalue weighted by molar-refractivity contribution is 5.94. The van der Waals surface area contributed by atoms with Crippen molar-refractivity contribution in [3.8, 4) is 11.5 Å². The summed E-state index contributed by atoms with van der Waals surface area (Å²) in [5.74, 6) is -1.38. The van der Waals surface area contributed by atoms with E-state index in [-0.39, 0.29) is 29.3 Å². The molecule has 1 fully saturated rings. The van der Waals surface area contributed by atoms with E-state index >= 15 is 0 Å². The molecule has 2 aromatic rings. The quantitative estimate of drug-likeness (QED) is 0.395. The molecule has 0 bridgehead atoms. The van der Waals surface area contributed by atoms with Crippen LogP contribution >= 0.6 is 0 Å². The summed E-state index contributed by atoms with van der Waals surface area (Å²) in [5.41, 5.74) is -0.543. The second kappa shape index (κ2) is 11.3. The molecule has 2 atom stereocenters. The molecule has 4 N–H and O–H groups in total. The minimum atomic E-state index is -1.34. The van der Waals surface area contributed by atoms with Gasteiger partial charge in [0, 0.05) is 29.9 Å². The van der Waals surface area contributed by atoms with Crippen LogP contribution in [0.2, 0.25) is 0 Å². The number of aromatic nitrogens is 1. The van der Waals surface area contributed by atoms with Gasteiger partial charge in [0.15, 0.2) is 11.6 Å². The largest absolute Gasteiger partial charge is 0.497 e. The van der Waals surface area contributed by atoms with Crippen LogP contribution in [0.1, 0.15) is 56.8 Å². The maximum Gasteiger partial charge on any atom is 0.407 e. The van der Waals surface area contributed by atoms with Gasteiger partial charge in [-0.05, 0) is 39.7 Å². The van der Waals surface area contributed by atoms with E-state index in [4.69, 9.17) is 14.2 Å². The molecule has 10 nitrogen and oxygen atoms in total. The molecule has 196 valence electrons. The molecule has 11 heteroatoms. The Morgan fingerprint density at radius 3 is 2.17 bits per heavy atom. The van der Waals surface area contributed by atoms with E-state index in [1.54, 1.807) is 39.0 Å². The fourth-order valence-corrected chi connectivity index (χ4v) is 3.98. The van der Waals surface area contributed by atoms with Crippen LogP contribution in [0.3, 0.4) is 0 Å². The first-order valence-electron chi connectivity index (χ1n) is 11.7. The summed E-state index contributed by atoms with van der Waals surface area (Å²) < 4.78 is 30.8. The van der Waals surface area contributed by atoms with Crippen LogP contribution in [0, 0.1) is 5.82 Å². The Kier molecular flexibility index (Phi) is 8.44. The first kappa shape index (κ1) is 26.8. The number of benzene rings is 1. The number of anilines is 3. The van der Waals surface area contributed by atoms with E-state index in [0.717, 1.165) is 18.9 Å². The van der Waals surface area contributed by atoms with Gasteiger partial charge in [-0.2, -0.15) is 0 Å². The van der Waals surface area contributed by atoms with Crippen molar-refractivity contribution in [2.24, 2.45) is 0 Å². The van der Waals surface area contributed by atoms with Crippen LogP contribution in [0.4, 0.5) is 26.5 Å². The maximum atomic E-state index is 15.0. The summed E-state index contributed by atoms with van der Waals surface area (Å²) in [7, 11) is 2.98. The molecule has 1 heterocycles. The monoisotopic (exact) mass is 504 g/mol. The number of pyridine rings is 1. The van der Waals surface area contributed by atoms with Crippen LogP contribution in [-0.4, -0.2) is 54.1 Å². The zero-order chi connectivity index (χ0) is 26.5. The van der Waals surface area contributed by atoms with E-state index in [9.17, 15) is 19.1 Å². The molecule has 1 saturated carbocycles. The van der Waals surface area contributed by atoms with E-state index in [1.807, 2.05) is 0 Å². The number of carboxylic acids is 1. The summed E-state index contributed by atoms with van der Waals surface area (Å²) in [4.78, 5) is 28.4. The second-order valence-electron chi connectivity index (χ2n) is 9.53. The summed E-state index contributed by atoms with van der Waals surface area (Å²) in [6.07, 6.45) is 2.58. The molecule has 0 aliphatic heterocycles. The van der Waals surface area contributed by atoms with E-state index < -0.39 is 23.5 Å². The lowest BCUT2D eigenvalue weighted by molar-refractivity contribution is 0.0488. The van der Waals surface area contributed by atoms with Crippen molar-refractivity contribution in [2.45, 2.75) is 64.1 Å². The number of ether oxygens (including phenoxy) is 3. The fourth-order valence-electron chi connectivity index (χ4n) is 3.98. The van der Waals surface area contributed by atoms with Gasteiger partial charge >= 0.3 is 12.1 Å². The molecule has 1 aliphatic rings. The molecule has 1 aromatic heterocycles. The normalized spacial score (nSPS) is 17.6. The number of alkyl carbamates (subject to hydrolysis) is 1. The van der Waals surface area contributed by atoms with Crippen molar-refractivity contribution in [1.82, 2.24) is 10.3 Å². The van der Waals surface area contributed by atoms with Crippen molar-refractivity contribution in [1.29, 1.82) is 0 Å². The summed E-state index contributed by atoms with van der Waals surface area (Å²) in [5, 5.41) is 18.5. The Morgan fingerprint density at radius 1 is 1.00 bits per heavy atom. The number of nitrogens with zero attached hydrogens (tertiary/aromatic N) is 1. The average molecular weight is 505 g/mol. The molecular formula is C25H33FN4O6. The lowest BCUT2D eigenvalue weighted by atomic mass is 9.90. The van der Waals surface area contributed by atoms with Crippen molar-refractivity contribution in [3.63, 3.8) is 0 Å². The number of carbonyl (C=O) groups is 2. The molecule has 0 unspecified atom stereocenters. The minimum Gasteiger partial charge on any atom is -0.497 e. The first-order valence-corrected chi connectivity index (χ1v) is 11.7. The van der Waals surface area contributed by atoms with Gasteiger partial charge in [-0.15, -0.1) is 0 Å². The predicted octanol–water partition coefficient (Wildman–Crippen LogP) is 4.93. The molecule has 1 amide bonds. The summed E-state index contributed by atoms with van der Waals surface area (Å²) in [6.45, 7) is 5.33. The molecule has 3 rings (SSSR count). The van der Waals surface area contributed by atoms with Crippen molar-refractivity contribution in [3.05, 3.63) is 35.6 Å². The Balaban J connectivity index is 1.88. The molecule has 36 heavy (non-hydrogen) atoms. The molecular weight excluding hydrogens is 471 g/mol. The standard InChI is InChI=1S/C25H33FN4O6/c1-25(2,3)36-24(33)29-20-9-7-6-8-19(20)28-22-18(26)13-17(23(31)32)21(30-22)27-14-10-15(34-4)12-16(11-14)35-5/h10-13,19-20H,6-9H2,1-5H3,(H,29,33)(H,31,32)(H2,27,28,30)/t19-,20+/m1/s1. The van der Waals surface area contributed by atoms with Crippen LogP contribution in [-0.2, 0) is 4.74 Å². The lowest BCUT2D eigenvalue weighted by Crippen LogP contribution is -2.50. The third kappa shape index (κ3) is 7.12. The van der Waals surface area contributed by atoms with Crippen LogP contribution in [0.5, 0.6) is 11.5 Å². The molecule has 0 saturated heterocycles. The van der Waals surface area contributed by atoms with E-state index in [2.05, 4.69) is 20.9 Å². The number of hydrogen-bond acceptors (Lipinski definition) is 8. The van der Waals surface area contributed by atoms with Crippen molar-refractivity contribution < 1.29 is 33.3 Å². The highest BCUT2D eigenvalue weighted by atomic mass is 19.1. The smallest absolute Gasteiger partial charge is 0.407 e. The number of carbonyl (C=O) groups excluding carboxylic acids is 1. The number of hydrogen-bond donors (Lipinski definition) is 4. The zero-order valence-corrected chi connectivity index (χ0v) is 21.1. The topological polar surface area (TPSA) is 131 Å². The Morgan fingerprint density at radius 2 is 1.61 bits per heavy atom. The van der Waals surface area contributed by atoms with Gasteiger partial charge in [0.1, 0.15) is 28.5 Å². The first-order chi connectivity index (χ1) is 17.0. The average Bonchev–Trinajstić information content (AvgIpc) is 2.80. The van der Waals surface area contributed by atoms with Crippen LogP contribution in [0.15, 0.2) is 24.3 Å². The maximum absolute atomic E-state index is 15.0. The number of halogens is 1. The molecule has 0 radical (unpaired) electrons. The third-order valence-electron chi connectivity index (χ3n) is 5.61.